The summed E-state index contributed by atoms with van der Waals surface area (Å²) in [6.45, 7) is 3.43. The number of nitrogens with one attached hydrogen (secondary N) is 3. The first kappa shape index (κ1) is 12.9. The second kappa shape index (κ2) is 6.57. The summed E-state index contributed by atoms with van der Waals surface area (Å²) in [7, 11) is 0. The topological polar surface area (TPSA) is 77.8 Å². The number of thioether (sulfide) groups is 1. The number of amides is 1. The predicted molar refractivity (Wildman–Crippen MR) is 97.8 cm³/mol. The van der Waals surface area contributed by atoms with E-state index in [2.05, 4.69) is 15.3 Å². The molecule has 3 rings (SSSR count). The zero-order valence-corrected chi connectivity index (χ0v) is 14.1. The van der Waals surface area contributed by atoms with Crippen LogP contribution in [0, 0.1) is 13.8 Å². The Kier molecular flexibility index (Phi) is 3.53. The lowest BCUT2D eigenvalue weighted by Crippen LogP contribution is -2.28. The molecule has 1 amide bonds. The molecule has 5 nitrogen and oxygen atoms in total. The lowest BCUT2D eigenvalue weighted by atomic mass is 10.1. The molecule has 1 aromatic carbocycles. The van der Waals surface area contributed by atoms with Crippen molar-refractivity contribution in [2.45, 2.75) is 25.3 Å². The second-order valence-electron chi connectivity index (χ2n) is 5.58. The van der Waals surface area contributed by atoms with Gasteiger partial charge in [-0.05, 0) is 32.2 Å². The number of hydrogen-bond donors (Lipinski definition) is 3. The molecule has 0 aliphatic rings. The molecule has 0 saturated carbocycles. The van der Waals surface area contributed by atoms with Crippen LogP contribution >= 0.6 is 11.8 Å². The minimum atomic E-state index is -2.29. The molecule has 2 heterocycles. The quantitative estimate of drug-likeness (QED) is 0.636. The van der Waals surface area contributed by atoms with Crippen LogP contribution in [0.3, 0.4) is 0 Å². The number of fused-ring (bicyclic) bond motifs is 1. The minimum absolute atomic E-state index is 0.0637. The highest BCUT2D eigenvalue weighted by Gasteiger charge is 2.16. The van der Waals surface area contributed by atoms with Crippen LogP contribution in [0.4, 0.5) is 0 Å². The Bertz CT molecular complexity index is 1070. The van der Waals surface area contributed by atoms with Gasteiger partial charge in [0, 0.05) is 43.4 Å². The number of aryl methyl sites for hydroxylation is 2. The molecule has 0 bridgehead atoms. The van der Waals surface area contributed by atoms with E-state index >= 15 is 0 Å². The van der Waals surface area contributed by atoms with Gasteiger partial charge in [0.05, 0.1) is 5.56 Å². The smallest absolute Gasteiger partial charge is 0.254 e. The number of benzene rings is 1. The van der Waals surface area contributed by atoms with Gasteiger partial charge in [-0.3, -0.25) is 9.59 Å². The Balaban J connectivity index is 1.89. The summed E-state index contributed by atoms with van der Waals surface area (Å²) in [5.41, 5.74) is 2.48. The molecule has 24 heavy (non-hydrogen) atoms. The molecule has 6 heteroatoms. The molecule has 0 fully saturated rings. The van der Waals surface area contributed by atoms with Crippen LogP contribution in [0.5, 0.6) is 0 Å². The Morgan fingerprint density at radius 1 is 1.29 bits per heavy atom. The molecule has 0 atom stereocenters. The van der Waals surface area contributed by atoms with Crippen LogP contribution in [0.2, 0.25) is 0 Å². The van der Waals surface area contributed by atoms with Crippen molar-refractivity contribution in [3.8, 4) is 0 Å². The van der Waals surface area contributed by atoms with Crippen LogP contribution < -0.4 is 10.9 Å². The Morgan fingerprint density at radius 3 is 2.88 bits per heavy atom. The molecule has 0 unspecified atom stereocenters. The van der Waals surface area contributed by atoms with Gasteiger partial charge >= 0.3 is 0 Å². The van der Waals surface area contributed by atoms with Crippen molar-refractivity contribution in [3.63, 3.8) is 0 Å². The maximum Gasteiger partial charge on any atom is 0.254 e. The summed E-state index contributed by atoms with van der Waals surface area (Å²) in [5.74, 6) is -0.324. The van der Waals surface area contributed by atoms with Gasteiger partial charge in [-0.15, -0.1) is 11.8 Å². The summed E-state index contributed by atoms with van der Waals surface area (Å²) < 4.78 is 22.3. The lowest BCUT2D eigenvalue weighted by molar-refractivity contribution is 0.0951. The summed E-state index contributed by atoms with van der Waals surface area (Å²) in [4.78, 5) is 31.2. The third-order valence-corrected chi connectivity index (χ3v) is 4.47. The molecule has 2 aromatic heterocycles. The van der Waals surface area contributed by atoms with E-state index in [4.69, 9.17) is 4.11 Å². The standard InChI is InChI=1S/C18H19N3O2S/c1-10-8-15(24-3)13(17(22)20-10)9-19-18(23)16-11(2)21-14-7-5-4-6-12(14)16/h4-8,21H,9H2,1-3H3,(H,19,23)(H,20,22)/i3D3. The average Bonchev–Trinajstić information content (AvgIpc) is 2.88. The van der Waals surface area contributed by atoms with Crippen molar-refractivity contribution in [3.05, 3.63) is 63.2 Å². The van der Waals surface area contributed by atoms with Crippen molar-refractivity contribution in [2.24, 2.45) is 0 Å². The molecule has 124 valence electrons. The van der Waals surface area contributed by atoms with Crippen molar-refractivity contribution < 1.29 is 8.91 Å². The van der Waals surface area contributed by atoms with E-state index in [1.807, 2.05) is 31.2 Å². The third kappa shape index (κ3) is 2.97. The van der Waals surface area contributed by atoms with E-state index < -0.39 is 11.7 Å². The van der Waals surface area contributed by atoms with Gasteiger partial charge in [0.15, 0.2) is 0 Å². The van der Waals surface area contributed by atoms with Crippen molar-refractivity contribution in [2.75, 3.05) is 6.18 Å². The Labute approximate surface area is 148 Å². The molecule has 0 radical (unpaired) electrons. The Hall–Kier alpha value is -2.47. The van der Waals surface area contributed by atoms with Crippen molar-refractivity contribution in [1.82, 2.24) is 15.3 Å². The molecule has 3 aromatic rings. The maximum absolute atomic E-state index is 12.7. The first-order valence-electron chi connectivity index (χ1n) is 8.93. The highest BCUT2D eigenvalue weighted by atomic mass is 32.2. The number of carbonyl (C=O) groups is 1. The van der Waals surface area contributed by atoms with Gasteiger partial charge in [0.2, 0.25) is 0 Å². The van der Waals surface area contributed by atoms with Gasteiger partial charge < -0.3 is 15.3 Å². The largest absolute Gasteiger partial charge is 0.358 e. The minimum Gasteiger partial charge on any atom is -0.358 e. The zero-order valence-electron chi connectivity index (χ0n) is 16.3. The van der Waals surface area contributed by atoms with Crippen molar-refractivity contribution in [1.29, 1.82) is 0 Å². The molecule has 0 aliphatic heterocycles. The van der Waals surface area contributed by atoms with Crippen molar-refractivity contribution >= 4 is 28.6 Å². The number of hydrogen-bond acceptors (Lipinski definition) is 3. The van der Waals surface area contributed by atoms with Crippen LogP contribution in [0.25, 0.3) is 10.9 Å². The van der Waals surface area contributed by atoms with Crippen LogP contribution in [-0.4, -0.2) is 22.1 Å². The fourth-order valence-corrected chi connectivity index (χ4v) is 3.29. The number of carbonyl (C=O) groups excluding carboxylic acids is 1. The van der Waals surface area contributed by atoms with E-state index in [0.717, 1.165) is 16.6 Å². The number of H-pyrrole nitrogens is 2. The fraction of sp³-hybridized carbons (Fsp3) is 0.222. The SMILES string of the molecule is [2H]C([2H])([2H])Sc1cc(C)[nH]c(=O)c1CNC(=O)c1c(C)[nH]c2ccccc12. The van der Waals surface area contributed by atoms with Gasteiger partial charge in [-0.1, -0.05) is 18.2 Å². The maximum atomic E-state index is 12.7. The van der Waals surface area contributed by atoms with E-state index in [9.17, 15) is 9.59 Å². The second-order valence-corrected chi connectivity index (χ2v) is 6.22. The number of aromatic nitrogens is 2. The van der Waals surface area contributed by atoms with E-state index in [1.165, 1.54) is 0 Å². The van der Waals surface area contributed by atoms with Gasteiger partial charge in [-0.2, -0.15) is 0 Å². The zero-order chi connectivity index (χ0) is 19.8. The summed E-state index contributed by atoms with van der Waals surface area (Å²) in [5, 5.41) is 3.54. The predicted octanol–water partition coefficient (Wildman–Crippen LogP) is 3.12. The van der Waals surface area contributed by atoms with E-state index in [0.29, 0.717) is 27.9 Å². The molecule has 0 saturated heterocycles. The van der Waals surface area contributed by atoms with Gasteiger partial charge in [0.1, 0.15) is 0 Å². The first-order valence-corrected chi connectivity index (χ1v) is 8.24. The summed E-state index contributed by atoms with van der Waals surface area (Å²) in [6, 6.07) is 9.07. The van der Waals surface area contributed by atoms with E-state index in [-0.39, 0.29) is 18.0 Å². The van der Waals surface area contributed by atoms with Crippen LogP contribution in [0.15, 0.2) is 40.0 Å². The third-order valence-electron chi connectivity index (χ3n) is 3.89. The van der Waals surface area contributed by atoms with Crippen LogP contribution in [0.1, 0.15) is 31.4 Å². The lowest BCUT2D eigenvalue weighted by Gasteiger charge is -2.09. The fourth-order valence-electron chi connectivity index (χ4n) is 2.77. The number of para-hydroxylation sites is 1. The Morgan fingerprint density at radius 2 is 2.08 bits per heavy atom. The number of pyridine rings is 1. The number of rotatable bonds is 4. The summed E-state index contributed by atoms with van der Waals surface area (Å²) in [6.07, 6.45) is -2.29. The highest BCUT2D eigenvalue weighted by Crippen LogP contribution is 2.22. The van der Waals surface area contributed by atoms with Gasteiger partial charge in [-0.25, -0.2) is 0 Å². The van der Waals surface area contributed by atoms with Gasteiger partial charge in [0.25, 0.3) is 11.5 Å². The molecular formula is C18H19N3O2S. The number of aromatic amines is 2. The highest BCUT2D eigenvalue weighted by molar-refractivity contribution is 7.98. The molecular weight excluding hydrogens is 322 g/mol. The average molecular weight is 344 g/mol. The monoisotopic (exact) mass is 344 g/mol. The normalized spacial score (nSPS) is 13.3. The molecule has 0 aliphatic carbocycles. The van der Waals surface area contributed by atoms with Crippen LogP contribution in [-0.2, 0) is 6.54 Å². The molecule has 0 spiro atoms. The first-order chi connectivity index (χ1) is 12.7. The molecule has 3 N–H and O–H groups in total. The van der Waals surface area contributed by atoms with E-state index in [1.54, 1.807) is 13.0 Å². The summed E-state index contributed by atoms with van der Waals surface area (Å²) >= 11 is 0.633.